The van der Waals surface area contributed by atoms with Crippen LogP contribution in [0.25, 0.3) is 5.82 Å². The van der Waals surface area contributed by atoms with Gasteiger partial charge in [-0.3, -0.25) is 9.29 Å². The zero-order valence-corrected chi connectivity index (χ0v) is 17.7. The zero-order chi connectivity index (χ0) is 21.8. The number of imidazole rings is 1. The van der Waals surface area contributed by atoms with Crippen LogP contribution in [0.1, 0.15) is 5.82 Å². The van der Waals surface area contributed by atoms with E-state index >= 15 is 0 Å². The monoisotopic (exact) mass is 436 g/mol. The first-order valence-corrected chi connectivity index (χ1v) is 10.8. The van der Waals surface area contributed by atoms with E-state index in [9.17, 15) is 8.42 Å². The Kier molecular flexibility index (Phi) is 5.54. The largest absolute Gasteiger partial charge is 0.495 e. The van der Waals surface area contributed by atoms with Gasteiger partial charge in [-0.1, -0.05) is 12.1 Å². The van der Waals surface area contributed by atoms with Gasteiger partial charge in [-0.2, -0.15) is 0 Å². The van der Waals surface area contributed by atoms with E-state index in [1.54, 1.807) is 78.7 Å². The van der Waals surface area contributed by atoms with Gasteiger partial charge in [0, 0.05) is 29.8 Å². The van der Waals surface area contributed by atoms with E-state index in [1.165, 1.54) is 13.2 Å². The molecule has 0 unspecified atom stereocenters. The maximum Gasteiger partial charge on any atom is 0.265 e. The van der Waals surface area contributed by atoms with Crippen molar-refractivity contribution in [3.8, 4) is 11.6 Å². The molecule has 0 aliphatic rings. The van der Waals surface area contributed by atoms with Gasteiger partial charge in [0.05, 0.1) is 7.11 Å². The second-order valence-corrected chi connectivity index (χ2v) is 8.24. The molecular formula is C21H20N6O3S. The Morgan fingerprint density at radius 3 is 2.45 bits per heavy atom. The lowest BCUT2D eigenvalue weighted by Gasteiger charge is -2.12. The SMILES string of the molecule is COc1ccccc1S(=O)(=O)Nc1ccc(Nc2cc(-n3ccnc3)nc(C)n2)cc1. The van der Waals surface area contributed by atoms with Crippen molar-refractivity contribution in [1.29, 1.82) is 0 Å². The predicted molar refractivity (Wildman–Crippen MR) is 117 cm³/mol. The molecule has 0 saturated heterocycles. The maximum absolute atomic E-state index is 12.7. The van der Waals surface area contributed by atoms with Gasteiger partial charge in [0.25, 0.3) is 10.0 Å². The minimum Gasteiger partial charge on any atom is -0.495 e. The van der Waals surface area contributed by atoms with E-state index in [-0.39, 0.29) is 10.6 Å². The minimum atomic E-state index is -3.79. The van der Waals surface area contributed by atoms with Crippen molar-refractivity contribution in [1.82, 2.24) is 19.5 Å². The van der Waals surface area contributed by atoms with Crippen LogP contribution in [0.3, 0.4) is 0 Å². The number of aromatic nitrogens is 4. The van der Waals surface area contributed by atoms with Gasteiger partial charge in [-0.05, 0) is 43.3 Å². The predicted octanol–water partition coefficient (Wildman–Crippen LogP) is 3.52. The summed E-state index contributed by atoms with van der Waals surface area (Å²) < 4.78 is 34.9. The van der Waals surface area contributed by atoms with Crippen LogP contribution in [0.2, 0.25) is 0 Å². The summed E-state index contributed by atoms with van der Waals surface area (Å²) in [6, 6.07) is 15.1. The first kappa shape index (κ1) is 20.4. The topological polar surface area (TPSA) is 111 Å². The molecule has 2 aromatic carbocycles. The van der Waals surface area contributed by atoms with Crippen LogP contribution in [-0.4, -0.2) is 35.0 Å². The summed E-state index contributed by atoms with van der Waals surface area (Å²) in [6.07, 6.45) is 5.14. The zero-order valence-electron chi connectivity index (χ0n) is 16.9. The van der Waals surface area contributed by atoms with Gasteiger partial charge in [-0.15, -0.1) is 0 Å². The molecule has 4 aromatic rings. The van der Waals surface area contributed by atoms with Gasteiger partial charge in [0.2, 0.25) is 0 Å². The average Bonchev–Trinajstić information content (AvgIpc) is 3.30. The molecule has 31 heavy (non-hydrogen) atoms. The molecule has 2 aromatic heterocycles. The fourth-order valence-corrected chi connectivity index (χ4v) is 4.19. The summed E-state index contributed by atoms with van der Waals surface area (Å²) in [5.41, 5.74) is 1.17. The van der Waals surface area contributed by atoms with Crippen LogP contribution in [0.5, 0.6) is 5.75 Å². The van der Waals surface area contributed by atoms with Crippen molar-refractivity contribution in [3.05, 3.63) is 79.1 Å². The number of nitrogens with zero attached hydrogens (tertiary/aromatic N) is 4. The number of methoxy groups -OCH3 is 1. The maximum atomic E-state index is 12.7. The van der Waals surface area contributed by atoms with Crippen LogP contribution < -0.4 is 14.8 Å². The number of hydrogen-bond donors (Lipinski definition) is 2. The minimum absolute atomic E-state index is 0.0724. The van der Waals surface area contributed by atoms with Crippen molar-refractivity contribution < 1.29 is 13.2 Å². The van der Waals surface area contributed by atoms with E-state index in [0.29, 0.717) is 23.1 Å². The Labute approximate surface area is 179 Å². The summed E-state index contributed by atoms with van der Waals surface area (Å²) in [7, 11) is -2.36. The van der Waals surface area contributed by atoms with Crippen LogP contribution in [0.4, 0.5) is 17.2 Å². The van der Waals surface area contributed by atoms with Crippen molar-refractivity contribution in [3.63, 3.8) is 0 Å². The standard InChI is InChI=1S/C21H20N6O3S/c1-15-23-20(13-21(24-15)27-12-11-22-14-27)25-16-7-9-17(10-8-16)26-31(28,29)19-6-4-3-5-18(19)30-2/h3-14,26H,1-2H3,(H,23,24,25). The molecule has 0 fully saturated rings. The first-order valence-electron chi connectivity index (χ1n) is 9.31. The lowest BCUT2D eigenvalue weighted by atomic mass is 10.3. The number of anilines is 3. The Morgan fingerprint density at radius 2 is 1.74 bits per heavy atom. The Morgan fingerprint density at radius 1 is 1.00 bits per heavy atom. The summed E-state index contributed by atoms with van der Waals surface area (Å²) in [4.78, 5) is 12.9. The third-order valence-electron chi connectivity index (χ3n) is 4.36. The molecule has 0 aliphatic carbocycles. The highest BCUT2D eigenvalue weighted by atomic mass is 32.2. The van der Waals surface area contributed by atoms with Gasteiger partial charge in [0.15, 0.2) is 0 Å². The van der Waals surface area contributed by atoms with Crippen molar-refractivity contribution >= 4 is 27.2 Å². The molecule has 0 spiro atoms. The molecule has 9 nitrogen and oxygen atoms in total. The summed E-state index contributed by atoms with van der Waals surface area (Å²) in [5, 5.41) is 3.20. The van der Waals surface area contributed by atoms with E-state index in [4.69, 9.17) is 4.74 Å². The highest BCUT2D eigenvalue weighted by molar-refractivity contribution is 7.92. The average molecular weight is 436 g/mol. The molecule has 0 bridgehead atoms. The molecule has 0 atom stereocenters. The molecule has 0 saturated carbocycles. The van der Waals surface area contributed by atoms with Crippen LogP contribution in [-0.2, 0) is 10.0 Å². The fraction of sp³-hybridized carbons (Fsp3) is 0.0952. The van der Waals surface area contributed by atoms with E-state index in [1.807, 2.05) is 0 Å². The summed E-state index contributed by atoms with van der Waals surface area (Å²) >= 11 is 0. The van der Waals surface area contributed by atoms with Gasteiger partial charge in [0.1, 0.15) is 34.4 Å². The highest BCUT2D eigenvalue weighted by Gasteiger charge is 2.19. The number of para-hydroxylation sites is 1. The number of rotatable bonds is 7. The number of nitrogens with one attached hydrogen (secondary N) is 2. The highest BCUT2D eigenvalue weighted by Crippen LogP contribution is 2.26. The van der Waals surface area contributed by atoms with Crippen LogP contribution in [0.15, 0.2) is 78.2 Å². The van der Waals surface area contributed by atoms with E-state index in [2.05, 4.69) is 25.0 Å². The molecule has 2 N–H and O–H groups in total. The molecule has 0 aliphatic heterocycles. The number of ether oxygens (including phenoxy) is 1. The second-order valence-electron chi connectivity index (χ2n) is 6.59. The molecule has 0 amide bonds. The van der Waals surface area contributed by atoms with Gasteiger partial charge < -0.3 is 10.1 Å². The van der Waals surface area contributed by atoms with Crippen molar-refractivity contribution in [2.45, 2.75) is 11.8 Å². The first-order chi connectivity index (χ1) is 14.9. The Bertz CT molecular complexity index is 1290. The molecule has 4 rings (SSSR count). The number of sulfonamides is 1. The molecule has 10 heteroatoms. The van der Waals surface area contributed by atoms with Crippen LogP contribution >= 0.6 is 0 Å². The molecule has 0 radical (unpaired) electrons. The third-order valence-corrected chi connectivity index (χ3v) is 5.78. The number of hydrogen-bond acceptors (Lipinski definition) is 7. The van der Waals surface area contributed by atoms with Crippen LogP contribution in [0, 0.1) is 6.92 Å². The molecule has 158 valence electrons. The van der Waals surface area contributed by atoms with Crippen molar-refractivity contribution in [2.24, 2.45) is 0 Å². The Hall–Kier alpha value is -3.92. The lowest BCUT2D eigenvalue weighted by molar-refractivity contribution is 0.403. The van der Waals surface area contributed by atoms with E-state index < -0.39 is 10.0 Å². The van der Waals surface area contributed by atoms with Crippen molar-refractivity contribution in [2.75, 3.05) is 17.1 Å². The number of benzene rings is 2. The number of aryl methyl sites for hydroxylation is 1. The smallest absolute Gasteiger partial charge is 0.265 e. The molecular weight excluding hydrogens is 416 g/mol. The van der Waals surface area contributed by atoms with Gasteiger partial charge >= 0.3 is 0 Å². The van der Waals surface area contributed by atoms with Gasteiger partial charge in [-0.25, -0.2) is 23.4 Å². The molecule has 2 heterocycles. The Balaban J connectivity index is 1.52. The summed E-state index contributed by atoms with van der Waals surface area (Å²) in [5.74, 6) is 2.18. The quantitative estimate of drug-likeness (QED) is 0.456. The lowest BCUT2D eigenvalue weighted by Crippen LogP contribution is -2.14. The van der Waals surface area contributed by atoms with E-state index in [0.717, 1.165) is 5.69 Å². The fourth-order valence-electron chi connectivity index (χ4n) is 2.96. The normalized spacial score (nSPS) is 11.2. The third kappa shape index (κ3) is 4.64. The second kappa shape index (κ2) is 8.44. The summed E-state index contributed by atoms with van der Waals surface area (Å²) in [6.45, 7) is 1.81.